The second-order valence-corrected chi connectivity index (χ2v) is 4.67. The molecule has 0 saturated heterocycles. The van der Waals surface area contributed by atoms with Crippen molar-refractivity contribution in [3.63, 3.8) is 0 Å². The van der Waals surface area contributed by atoms with E-state index in [0.29, 0.717) is 16.7 Å². The van der Waals surface area contributed by atoms with E-state index < -0.39 is 5.76 Å². The van der Waals surface area contributed by atoms with Gasteiger partial charge in [-0.3, -0.25) is 0 Å². The number of fused-ring (bicyclic) bond motifs is 1. The molecule has 0 saturated carbocycles. The van der Waals surface area contributed by atoms with Crippen LogP contribution in [-0.4, -0.2) is 10.7 Å². The zero-order valence-electron chi connectivity index (χ0n) is 6.93. The lowest BCUT2D eigenvalue weighted by Gasteiger charge is -1.97. The Morgan fingerprint density at radius 3 is 2.86 bits per heavy atom. The van der Waals surface area contributed by atoms with Crippen molar-refractivity contribution in [1.29, 1.82) is 0 Å². The van der Waals surface area contributed by atoms with Gasteiger partial charge in [0.1, 0.15) is 0 Å². The number of hydrogen-bond donors (Lipinski definition) is 1. The van der Waals surface area contributed by atoms with Crippen LogP contribution in [0, 0.1) is 0 Å². The second kappa shape index (κ2) is 3.90. The second-order valence-electron chi connectivity index (χ2n) is 2.72. The summed E-state index contributed by atoms with van der Waals surface area (Å²) in [6.07, 6.45) is 1.61. The molecule has 5 heteroatoms. The fourth-order valence-corrected chi connectivity index (χ4v) is 2.25. The molecule has 0 fully saturated rings. The van der Waals surface area contributed by atoms with Crippen LogP contribution in [0.5, 0.6) is 0 Å². The van der Waals surface area contributed by atoms with Crippen LogP contribution in [0.1, 0.15) is 0 Å². The third-order valence-electron chi connectivity index (χ3n) is 1.82. The van der Waals surface area contributed by atoms with Crippen molar-refractivity contribution in [1.82, 2.24) is 4.98 Å². The molecule has 1 aromatic heterocycles. The van der Waals surface area contributed by atoms with Crippen LogP contribution in [0.15, 0.2) is 33.8 Å². The Morgan fingerprint density at radius 2 is 2.14 bits per heavy atom. The molecule has 0 amide bonds. The Hall–Kier alpha value is -0.550. The third-order valence-corrected chi connectivity index (χ3v) is 3.09. The summed E-state index contributed by atoms with van der Waals surface area (Å²) in [5.74, 6) is -2.38. The molecule has 0 atom stereocenters. The molecule has 1 nitrogen and oxygen atoms in total. The number of rotatable bonds is 2. The highest BCUT2D eigenvalue weighted by atomic mass is 79.9. The summed E-state index contributed by atoms with van der Waals surface area (Å²) in [4.78, 5) is 3.54. The molecule has 1 N–H and O–H groups in total. The summed E-state index contributed by atoms with van der Waals surface area (Å²) >= 11 is 3.88. The topological polar surface area (TPSA) is 15.8 Å². The van der Waals surface area contributed by atoms with Crippen molar-refractivity contribution in [3.05, 3.63) is 28.9 Å². The average Bonchev–Trinajstić information content (AvgIpc) is 2.47. The van der Waals surface area contributed by atoms with Gasteiger partial charge >= 0.3 is 0 Å². The highest BCUT2D eigenvalue weighted by molar-refractivity contribution is 9.10. The first kappa shape index (κ1) is 9.98. The van der Waals surface area contributed by atoms with Crippen molar-refractivity contribution >= 4 is 38.6 Å². The molecule has 74 valence electrons. The number of H-pyrrole nitrogens is 1. The van der Waals surface area contributed by atoms with E-state index in [0.717, 1.165) is 15.4 Å². The van der Waals surface area contributed by atoms with E-state index >= 15 is 0 Å². The van der Waals surface area contributed by atoms with E-state index in [4.69, 9.17) is 0 Å². The summed E-state index contributed by atoms with van der Waals surface area (Å²) in [5, 5.41) is 0.832. The van der Waals surface area contributed by atoms with E-state index in [9.17, 15) is 8.78 Å². The number of aromatic nitrogens is 1. The van der Waals surface area contributed by atoms with Crippen LogP contribution in [0.3, 0.4) is 0 Å². The van der Waals surface area contributed by atoms with Crippen LogP contribution in [0.25, 0.3) is 10.9 Å². The molecular weight excluding hydrogens is 272 g/mol. The van der Waals surface area contributed by atoms with Crippen LogP contribution in [0.4, 0.5) is 8.78 Å². The Kier molecular flexibility index (Phi) is 2.78. The molecule has 0 bridgehead atoms. The zero-order chi connectivity index (χ0) is 10.1. The predicted octanol–water partition coefficient (Wildman–Crippen LogP) is 4.25. The number of benzene rings is 1. The Labute approximate surface area is 92.0 Å². The van der Waals surface area contributed by atoms with Crippen molar-refractivity contribution < 1.29 is 8.78 Å². The van der Waals surface area contributed by atoms with E-state index in [1.807, 2.05) is 18.2 Å². The lowest BCUT2D eigenvalue weighted by Crippen LogP contribution is -1.79. The van der Waals surface area contributed by atoms with E-state index in [1.54, 1.807) is 6.20 Å². The molecule has 14 heavy (non-hydrogen) atoms. The highest BCUT2D eigenvalue weighted by Crippen LogP contribution is 2.32. The molecule has 2 rings (SSSR count). The number of thioether (sulfide) groups is 1. The Balaban J connectivity index is 2.47. The van der Waals surface area contributed by atoms with Gasteiger partial charge < -0.3 is 4.98 Å². The maximum atomic E-state index is 12.1. The van der Waals surface area contributed by atoms with Gasteiger partial charge in [0, 0.05) is 26.5 Å². The Morgan fingerprint density at radius 1 is 1.36 bits per heavy atom. The fourth-order valence-electron chi connectivity index (χ4n) is 1.27. The normalized spacial score (nSPS) is 11.4. The number of hydrogen-bond acceptors (Lipinski definition) is 1. The van der Waals surface area contributed by atoms with Gasteiger partial charge in [0.2, 0.25) is 0 Å². The highest BCUT2D eigenvalue weighted by Gasteiger charge is 2.10. The molecule has 1 aromatic carbocycles. The SMILES string of the molecule is FC(F)Sc1c[nH]c2cc(Br)ccc12. The van der Waals surface area contributed by atoms with Gasteiger partial charge in [-0.05, 0) is 12.1 Å². The first-order valence-corrected chi connectivity index (χ1v) is 5.55. The molecule has 0 radical (unpaired) electrons. The quantitative estimate of drug-likeness (QED) is 0.812. The summed E-state index contributed by atoms with van der Waals surface area (Å²) in [5.41, 5.74) is 0.863. The van der Waals surface area contributed by atoms with Gasteiger partial charge in [-0.25, -0.2) is 0 Å². The summed E-state index contributed by atoms with van der Waals surface area (Å²) in [7, 11) is 0. The minimum Gasteiger partial charge on any atom is -0.360 e. The molecule has 0 aliphatic heterocycles. The first-order chi connectivity index (χ1) is 6.66. The van der Waals surface area contributed by atoms with Gasteiger partial charge in [0.05, 0.1) is 0 Å². The van der Waals surface area contributed by atoms with Crippen LogP contribution < -0.4 is 0 Å². The number of alkyl halides is 2. The first-order valence-electron chi connectivity index (χ1n) is 3.88. The smallest absolute Gasteiger partial charge is 0.288 e. The molecule has 0 aliphatic carbocycles. The maximum absolute atomic E-state index is 12.1. The molecule has 0 aliphatic rings. The summed E-state index contributed by atoms with van der Waals surface area (Å²) in [6.45, 7) is 0. The predicted molar refractivity (Wildman–Crippen MR) is 57.9 cm³/mol. The van der Waals surface area contributed by atoms with Crippen LogP contribution in [0.2, 0.25) is 0 Å². The number of halogens is 3. The van der Waals surface area contributed by atoms with Crippen LogP contribution in [-0.2, 0) is 0 Å². The largest absolute Gasteiger partial charge is 0.360 e. The zero-order valence-corrected chi connectivity index (χ0v) is 9.33. The monoisotopic (exact) mass is 277 g/mol. The molecule has 1 heterocycles. The van der Waals surface area contributed by atoms with E-state index in [-0.39, 0.29) is 0 Å². The minimum atomic E-state index is -2.38. The fraction of sp³-hybridized carbons (Fsp3) is 0.111. The van der Waals surface area contributed by atoms with E-state index in [2.05, 4.69) is 20.9 Å². The van der Waals surface area contributed by atoms with Gasteiger partial charge in [-0.15, -0.1) is 0 Å². The van der Waals surface area contributed by atoms with Gasteiger partial charge in [-0.2, -0.15) is 8.78 Å². The standard InChI is InChI=1S/C9H6BrF2NS/c10-5-1-2-6-7(3-5)13-4-8(6)14-9(11)12/h1-4,9,13H. The molecule has 2 aromatic rings. The lowest BCUT2D eigenvalue weighted by atomic mass is 10.2. The van der Waals surface area contributed by atoms with Crippen molar-refractivity contribution in [2.24, 2.45) is 0 Å². The maximum Gasteiger partial charge on any atom is 0.288 e. The van der Waals surface area contributed by atoms with Gasteiger partial charge in [-0.1, -0.05) is 33.8 Å². The molecule has 0 spiro atoms. The molecular formula is C9H6BrF2NS. The third kappa shape index (κ3) is 1.93. The lowest BCUT2D eigenvalue weighted by molar-refractivity contribution is 0.252. The number of aromatic amines is 1. The average molecular weight is 278 g/mol. The van der Waals surface area contributed by atoms with Crippen molar-refractivity contribution in [2.45, 2.75) is 10.7 Å². The Bertz CT molecular complexity index is 455. The van der Waals surface area contributed by atoms with Crippen molar-refractivity contribution in [3.8, 4) is 0 Å². The summed E-state index contributed by atoms with van der Waals surface area (Å²) < 4.78 is 25.2. The minimum absolute atomic E-state index is 0.561. The number of nitrogens with one attached hydrogen (secondary N) is 1. The van der Waals surface area contributed by atoms with Crippen LogP contribution >= 0.6 is 27.7 Å². The van der Waals surface area contributed by atoms with Gasteiger partial charge in [0.25, 0.3) is 5.76 Å². The van der Waals surface area contributed by atoms with Crippen molar-refractivity contribution in [2.75, 3.05) is 0 Å². The van der Waals surface area contributed by atoms with Gasteiger partial charge in [0.15, 0.2) is 0 Å². The molecule has 0 unspecified atom stereocenters. The summed E-state index contributed by atoms with van der Waals surface area (Å²) in [6, 6.07) is 5.52. The van der Waals surface area contributed by atoms with E-state index in [1.165, 1.54) is 0 Å².